The van der Waals surface area contributed by atoms with Gasteiger partial charge in [-0.1, -0.05) is 6.07 Å². The summed E-state index contributed by atoms with van der Waals surface area (Å²) in [6.45, 7) is 9.36. The van der Waals surface area contributed by atoms with E-state index in [1.54, 1.807) is 0 Å². The Bertz CT molecular complexity index is 1750. The molecule has 1 unspecified atom stereocenters. The summed E-state index contributed by atoms with van der Waals surface area (Å²) < 4.78 is 39.0. The molecule has 0 spiro atoms. The number of nitrogens with zero attached hydrogens (tertiary/aromatic N) is 3. The van der Waals surface area contributed by atoms with Gasteiger partial charge in [0, 0.05) is 49.9 Å². The average Bonchev–Trinajstić information content (AvgIpc) is 3.42. The zero-order valence-electron chi connectivity index (χ0n) is 27.6. The van der Waals surface area contributed by atoms with Crippen molar-refractivity contribution in [2.75, 3.05) is 54.9 Å². The summed E-state index contributed by atoms with van der Waals surface area (Å²) in [6.07, 6.45) is 2.96. The first-order valence-electron chi connectivity index (χ1n) is 16.4. The molecule has 4 aromatic rings. The van der Waals surface area contributed by atoms with Gasteiger partial charge in [-0.3, -0.25) is 19.6 Å². The monoisotopic (exact) mass is 660 g/mol. The Balaban J connectivity index is 1.18. The van der Waals surface area contributed by atoms with Crippen molar-refractivity contribution in [1.82, 2.24) is 15.1 Å². The maximum atomic E-state index is 13.8. The number of esters is 1. The maximum absolute atomic E-state index is 13.8. The number of aromatic nitrogens is 2. The first kappa shape index (κ1) is 33.4. The summed E-state index contributed by atoms with van der Waals surface area (Å²) in [5.74, 6) is -1.47. The number of carbonyl (C=O) groups is 2. The minimum atomic E-state index is -0.628. The lowest BCUT2D eigenvalue weighted by Gasteiger charge is -2.36. The number of fused-ring (bicyclic) bond motifs is 1. The third kappa shape index (κ3) is 8.48. The van der Waals surface area contributed by atoms with Gasteiger partial charge in [0.05, 0.1) is 23.3 Å². The molecule has 0 aliphatic carbocycles. The molecule has 10 nitrogen and oxygen atoms in total. The molecule has 6 rings (SSSR count). The van der Waals surface area contributed by atoms with Crippen molar-refractivity contribution in [3.63, 3.8) is 0 Å². The summed E-state index contributed by atoms with van der Waals surface area (Å²) in [7, 11) is 0. The van der Waals surface area contributed by atoms with E-state index in [4.69, 9.17) is 9.47 Å². The van der Waals surface area contributed by atoms with Gasteiger partial charge in [-0.15, -0.1) is 0 Å². The Kier molecular flexibility index (Phi) is 9.93. The zero-order valence-corrected chi connectivity index (χ0v) is 27.6. The highest BCUT2D eigenvalue weighted by Crippen LogP contribution is 2.30. The predicted octanol–water partition coefficient (Wildman–Crippen LogP) is 6.09. The molecule has 2 aliphatic rings. The van der Waals surface area contributed by atoms with Gasteiger partial charge in [-0.05, 0) is 100 Å². The van der Waals surface area contributed by atoms with E-state index >= 15 is 0 Å². The van der Waals surface area contributed by atoms with E-state index in [-0.39, 0.29) is 24.6 Å². The molecule has 0 bridgehead atoms. The number of halogens is 2. The van der Waals surface area contributed by atoms with Crippen LogP contribution in [0.2, 0.25) is 0 Å². The van der Waals surface area contributed by atoms with Gasteiger partial charge in [-0.2, -0.15) is 5.10 Å². The maximum Gasteiger partial charge on any atom is 0.320 e. The van der Waals surface area contributed by atoms with Gasteiger partial charge in [-0.25, -0.2) is 8.78 Å². The Morgan fingerprint density at radius 3 is 2.46 bits per heavy atom. The summed E-state index contributed by atoms with van der Waals surface area (Å²) in [5.41, 5.74) is 3.58. The first-order chi connectivity index (χ1) is 23.0. The van der Waals surface area contributed by atoms with Crippen LogP contribution >= 0.6 is 0 Å². The lowest BCUT2D eigenvalue weighted by atomic mass is 10.0. The number of rotatable bonds is 9. The van der Waals surface area contributed by atoms with Crippen molar-refractivity contribution < 1.29 is 27.8 Å². The van der Waals surface area contributed by atoms with Crippen molar-refractivity contribution >= 4 is 40.0 Å². The third-order valence-electron chi connectivity index (χ3n) is 8.44. The van der Waals surface area contributed by atoms with Crippen molar-refractivity contribution in [2.45, 2.75) is 58.3 Å². The van der Waals surface area contributed by atoms with Crippen LogP contribution in [0.1, 0.15) is 61.5 Å². The Hall–Kier alpha value is -4.55. The summed E-state index contributed by atoms with van der Waals surface area (Å²) in [5, 5.41) is 14.4. The number of amides is 1. The second-order valence-electron chi connectivity index (χ2n) is 13.4. The minimum Gasteiger partial charge on any atom is -0.459 e. The van der Waals surface area contributed by atoms with Gasteiger partial charge in [0.15, 0.2) is 5.82 Å². The quantitative estimate of drug-likeness (QED) is 0.185. The van der Waals surface area contributed by atoms with Crippen LogP contribution in [0.5, 0.6) is 0 Å². The van der Waals surface area contributed by atoms with E-state index in [2.05, 4.69) is 30.6 Å². The molecular formula is C36H42F2N6O4. The number of carbonyl (C=O) groups excluding carboxylic acids is 2. The number of anilines is 3. The first-order valence-corrected chi connectivity index (χ1v) is 16.4. The van der Waals surface area contributed by atoms with Crippen LogP contribution in [0.25, 0.3) is 10.9 Å². The minimum absolute atomic E-state index is 0.215. The fourth-order valence-electron chi connectivity index (χ4n) is 6.18. The molecule has 2 aliphatic heterocycles. The number of hydrogen-bond acceptors (Lipinski definition) is 8. The topological polar surface area (TPSA) is 112 Å². The number of H-pyrrole nitrogens is 1. The summed E-state index contributed by atoms with van der Waals surface area (Å²) in [6, 6.07) is 14.7. The molecule has 2 fully saturated rings. The van der Waals surface area contributed by atoms with Crippen LogP contribution in [0.4, 0.5) is 26.0 Å². The van der Waals surface area contributed by atoms with Crippen LogP contribution in [0.15, 0.2) is 54.6 Å². The number of hydrogen-bond donors (Lipinski definition) is 3. The lowest BCUT2D eigenvalue weighted by Crippen LogP contribution is -2.48. The number of piperazine rings is 1. The summed E-state index contributed by atoms with van der Waals surface area (Å²) in [4.78, 5) is 30.5. The normalized spacial score (nSPS) is 17.4. The van der Waals surface area contributed by atoms with Gasteiger partial charge >= 0.3 is 5.97 Å². The van der Waals surface area contributed by atoms with E-state index in [1.807, 2.05) is 57.2 Å². The van der Waals surface area contributed by atoms with Crippen LogP contribution in [0.3, 0.4) is 0 Å². The molecule has 0 radical (unpaired) electrons. The predicted molar refractivity (Wildman–Crippen MR) is 181 cm³/mol. The molecule has 12 heteroatoms. The van der Waals surface area contributed by atoms with Gasteiger partial charge in [0.2, 0.25) is 0 Å². The molecule has 3 N–H and O–H groups in total. The molecule has 2 saturated heterocycles. The van der Waals surface area contributed by atoms with Crippen LogP contribution in [0, 0.1) is 11.6 Å². The second-order valence-corrected chi connectivity index (χ2v) is 13.4. The third-order valence-corrected chi connectivity index (χ3v) is 8.44. The molecule has 1 amide bonds. The van der Waals surface area contributed by atoms with E-state index in [0.29, 0.717) is 54.1 Å². The SMILES string of the molecule is CC(C)(C)OC(=O)CN1CCN(c2ccc(C(=O)Nc3n[nH]c4ccc(Cc5cc(F)cc(F)c5)cc34)c(NC3CCCCO3)c2)CC1. The van der Waals surface area contributed by atoms with Crippen LogP contribution < -0.4 is 15.5 Å². The van der Waals surface area contributed by atoms with E-state index in [0.717, 1.165) is 55.2 Å². The number of nitrogens with one attached hydrogen (secondary N) is 3. The largest absolute Gasteiger partial charge is 0.459 e. The second kappa shape index (κ2) is 14.3. The van der Waals surface area contributed by atoms with Crippen molar-refractivity contribution in [3.05, 3.63) is 82.9 Å². The Morgan fingerprint density at radius 2 is 1.75 bits per heavy atom. The lowest BCUT2D eigenvalue weighted by molar-refractivity contribution is -0.156. The molecule has 3 heterocycles. The fraction of sp³-hybridized carbons (Fsp3) is 0.417. The molecular weight excluding hydrogens is 618 g/mol. The highest BCUT2D eigenvalue weighted by atomic mass is 19.1. The van der Waals surface area contributed by atoms with Crippen molar-refractivity contribution in [2.24, 2.45) is 0 Å². The molecule has 48 heavy (non-hydrogen) atoms. The summed E-state index contributed by atoms with van der Waals surface area (Å²) >= 11 is 0. The Morgan fingerprint density at radius 1 is 0.979 bits per heavy atom. The van der Waals surface area contributed by atoms with Crippen molar-refractivity contribution in [3.8, 4) is 0 Å². The molecule has 254 valence electrons. The molecule has 0 saturated carbocycles. The van der Waals surface area contributed by atoms with E-state index in [9.17, 15) is 18.4 Å². The van der Waals surface area contributed by atoms with Crippen LogP contribution in [-0.2, 0) is 20.7 Å². The average molecular weight is 661 g/mol. The zero-order chi connectivity index (χ0) is 33.8. The highest BCUT2D eigenvalue weighted by Gasteiger charge is 2.25. The Labute approximate surface area is 278 Å². The van der Waals surface area contributed by atoms with Crippen LogP contribution in [-0.4, -0.2) is 78.1 Å². The highest BCUT2D eigenvalue weighted by molar-refractivity contribution is 6.11. The van der Waals surface area contributed by atoms with E-state index < -0.39 is 17.2 Å². The smallest absolute Gasteiger partial charge is 0.320 e. The standard InChI is InChI=1S/C36H42F2N6O4/c1-36(2,3)48-33(45)22-43-11-13-44(14-12-43)27-8-9-28(31(21-27)39-32-6-4-5-15-47-32)35(46)40-34-29-19-23(7-10-30(29)41-42-34)16-24-17-25(37)20-26(38)18-24/h7-10,17-21,32,39H,4-6,11-16,22H2,1-3H3,(H2,40,41,42,46). The number of ether oxygens (including phenoxy) is 2. The number of aromatic amines is 1. The molecule has 3 aromatic carbocycles. The van der Waals surface area contributed by atoms with Gasteiger partial charge in [0.25, 0.3) is 5.91 Å². The molecule has 1 atom stereocenters. The number of benzene rings is 3. The molecule has 1 aromatic heterocycles. The van der Waals surface area contributed by atoms with Crippen molar-refractivity contribution in [1.29, 1.82) is 0 Å². The fourth-order valence-corrected chi connectivity index (χ4v) is 6.18. The van der Waals surface area contributed by atoms with Gasteiger partial charge < -0.3 is 25.0 Å². The van der Waals surface area contributed by atoms with Gasteiger partial charge in [0.1, 0.15) is 23.5 Å². The van der Waals surface area contributed by atoms with E-state index in [1.165, 1.54) is 12.1 Å².